The van der Waals surface area contributed by atoms with Crippen LogP contribution in [0.15, 0.2) is 0 Å². The van der Waals surface area contributed by atoms with Crippen molar-refractivity contribution < 1.29 is 13.9 Å². The van der Waals surface area contributed by atoms with Gasteiger partial charge in [-0.05, 0) is 43.9 Å². The predicted molar refractivity (Wildman–Crippen MR) is 50.3 cm³/mol. The van der Waals surface area contributed by atoms with Crippen molar-refractivity contribution in [2.45, 2.75) is 57.0 Å². The molecular weight excluding hydrogens is 186 g/mol. The molecule has 2 rings (SSSR count). The molecule has 0 amide bonds. The Balaban J connectivity index is 1.76. The summed E-state index contributed by atoms with van der Waals surface area (Å²) in [6.45, 7) is 0. The van der Waals surface area contributed by atoms with Gasteiger partial charge in [0.25, 0.3) is 0 Å². The first kappa shape index (κ1) is 10.3. The average Bonchev–Trinajstić information content (AvgIpc) is 2.59. The second-order valence-corrected chi connectivity index (χ2v) is 5.03. The molecule has 2 saturated carbocycles. The first-order chi connectivity index (χ1) is 6.55. The van der Waals surface area contributed by atoms with Crippen LogP contribution in [0.5, 0.6) is 0 Å². The van der Waals surface area contributed by atoms with Crippen molar-refractivity contribution in [2.75, 3.05) is 0 Å². The van der Waals surface area contributed by atoms with Crippen LogP contribution in [0.3, 0.4) is 0 Å². The molecular formula is C11H18F2O. The van der Waals surface area contributed by atoms with E-state index in [1.54, 1.807) is 0 Å². The minimum Gasteiger partial charge on any atom is -0.393 e. The molecule has 3 heteroatoms. The monoisotopic (exact) mass is 204 g/mol. The number of hydrogen-bond acceptors (Lipinski definition) is 1. The summed E-state index contributed by atoms with van der Waals surface area (Å²) in [6.07, 6.45) is 4.32. The third-order valence-corrected chi connectivity index (χ3v) is 3.69. The fourth-order valence-electron chi connectivity index (χ4n) is 2.98. The van der Waals surface area contributed by atoms with Crippen LogP contribution < -0.4 is 0 Å². The summed E-state index contributed by atoms with van der Waals surface area (Å²) < 4.78 is 25.8. The van der Waals surface area contributed by atoms with E-state index >= 15 is 0 Å². The number of hydrogen-bond donors (Lipinski definition) is 1. The van der Waals surface area contributed by atoms with Crippen LogP contribution in [0.4, 0.5) is 8.78 Å². The van der Waals surface area contributed by atoms with Crippen molar-refractivity contribution in [1.82, 2.24) is 0 Å². The van der Waals surface area contributed by atoms with E-state index in [9.17, 15) is 13.9 Å². The third kappa shape index (κ3) is 2.44. The van der Waals surface area contributed by atoms with Crippen molar-refractivity contribution in [2.24, 2.45) is 11.8 Å². The highest BCUT2D eigenvalue weighted by molar-refractivity contribution is 4.85. The molecule has 0 saturated heterocycles. The van der Waals surface area contributed by atoms with Gasteiger partial charge >= 0.3 is 0 Å². The zero-order valence-corrected chi connectivity index (χ0v) is 8.38. The van der Waals surface area contributed by atoms with Crippen LogP contribution in [-0.4, -0.2) is 17.1 Å². The minimum atomic E-state index is -2.40. The van der Waals surface area contributed by atoms with Gasteiger partial charge in [-0.25, -0.2) is 8.78 Å². The molecule has 0 aromatic heterocycles. The highest BCUT2D eigenvalue weighted by Crippen LogP contribution is 2.43. The minimum absolute atomic E-state index is 0.0763. The Morgan fingerprint density at radius 3 is 2.43 bits per heavy atom. The Bertz CT molecular complexity index is 205. The number of alkyl halides is 2. The highest BCUT2D eigenvalue weighted by Gasteiger charge is 2.40. The van der Waals surface area contributed by atoms with Crippen LogP contribution >= 0.6 is 0 Å². The summed E-state index contributed by atoms with van der Waals surface area (Å²) in [6, 6.07) is 0. The smallest absolute Gasteiger partial charge is 0.248 e. The normalized spacial score (nSPS) is 41.8. The molecule has 0 radical (unpaired) electrons. The standard InChI is InChI=1S/C11H18F2O/c12-11(13)4-3-9(7-11)5-8-1-2-10(14)6-8/h8-10,14H,1-7H2. The fourth-order valence-corrected chi connectivity index (χ4v) is 2.98. The van der Waals surface area contributed by atoms with Crippen LogP contribution in [0.2, 0.25) is 0 Å². The maximum atomic E-state index is 12.9. The fraction of sp³-hybridized carbons (Fsp3) is 1.00. The maximum Gasteiger partial charge on any atom is 0.248 e. The first-order valence-corrected chi connectivity index (χ1v) is 5.61. The highest BCUT2D eigenvalue weighted by atomic mass is 19.3. The molecule has 0 heterocycles. The lowest BCUT2D eigenvalue weighted by Crippen LogP contribution is -2.11. The van der Waals surface area contributed by atoms with E-state index in [0.717, 1.165) is 25.7 Å². The zero-order valence-electron chi connectivity index (χ0n) is 8.38. The van der Waals surface area contributed by atoms with Gasteiger partial charge in [-0.15, -0.1) is 0 Å². The SMILES string of the molecule is OC1CCC(CC2CCC(F)(F)C2)C1. The summed E-state index contributed by atoms with van der Waals surface area (Å²) in [5, 5.41) is 9.33. The largest absolute Gasteiger partial charge is 0.393 e. The van der Waals surface area contributed by atoms with Gasteiger partial charge in [0.1, 0.15) is 0 Å². The van der Waals surface area contributed by atoms with Gasteiger partial charge < -0.3 is 5.11 Å². The lowest BCUT2D eigenvalue weighted by atomic mass is 9.92. The molecule has 0 spiro atoms. The predicted octanol–water partition coefficient (Wildman–Crippen LogP) is 2.97. The maximum absolute atomic E-state index is 12.9. The van der Waals surface area contributed by atoms with Crippen molar-refractivity contribution in [1.29, 1.82) is 0 Å². The zero-order chi connectivity index (χ0) is 10.2. The molecule has 2 aliphatic rings. The van der Waals surface area contributed by atoms with Gasteiger partial charge in [-0.3, -0.25) is 0 Å². The van der Waals surface area contributed by atoms with E-state index in [1.165, 1.54) is 0 Å². The van der Waals surface area contributed by atoms with Crippen molar-refractivity contribution in [3.8, 4) is 0 Å². The Morgan fingerprint density at radius 2 is 1.93 bits per heavy atom. The summed E-state index contributed by atoms with van der Waals surface area (Å²) in [4.78, 5) is 0. The molecule has 1 N–H and O–H groups in total. The molecule has 3 unspecified atom stereocenters. The first-order valence-electron chi connectivity index (χ1n) is 5.61. The van der Waals surface area contributed by atoms with Crippen LogP contribution in [0.1, 0.15) is 44.9 Å². The molecule has 14 heavy (non-hydrogen) atoms. The van der Waals surface area contributed by atoms with Gasteiger partial charge in [-0.2, -0.15) is 0 Å². The van der Waals surface area contributed by atoms with Crippen molar-refractivity contribution in [3.63, 3.8) is 0 Å². The molecule has 0 aromatic rings. The number of rotatable bonds is 2. The Hall–Kier alpha value is -0.180. The van der Waals surface area contributed by atoms with E-state index in [-0.39, 0.29) is 24.9 Å². The van der Waals surface area contributed by atoms with Crippen LogP contribution in [-0.2, 0) is 0 Å². The quantitative estimate of drug-likeness (QED) is 0.733. The molecule has 1 nitrogen and oxygen atoms in total. The Labute approximate surface area is 83.5 Å². The molecule has 0 aliphatic heterocycles. The van der Waals surface area contributed by atoms with Crippen LogP contribution in [0, 0.1) is 11.8 Å². The Morgan fingerprint density at radius 1 is 1.14 bits per heavy atom. The molecule has 2 fully saturated rings. The van der Waals surface area contributed by atoms with Gasteiger partial charge in [0.15, 0.2) is 0 Å². The number of aliphatic hydroxyl groups excluding tert-OH is 1. The molecule has 82 valence electrons. The second-order valence-electron chi connectivity index (χ2n) is 5.03. The topological polar surface area (TPSA) is 20.2 Å². The van der Waals surface area contributed by atoms with Gasteiger partial charge in [0, 0.05) is 12.8 Å². The van der Waals surface area contributed by atoms with E-state index < -0.39 is 5.92 Å². The van der Waals surface area contributed by atoms with E-state index in [1.807, 2.05) is 0 Å². The molecule has 0 aromatic carbocycles. The summed E-state index contributed by atoms with van der Waals surface area (Å²) in [7, 11) is 0. The van der Waals surface area contributed by atoms with Crippen molar-refractivity contribution in [3.05, 3.63) is 0 Å². The second kappa shape index (κ2) is 3.76. The number of aliphatic hydroxyl groups is 1. The molecule has 3 atom stereocenters. The van der Waals surface area contributed by atoms with Gasteiger partial charge in [-0.1, -0.05) is 0 Å². The molecule has 0 bridgehead atoms. The third-order valence-electron chi connectivity index (χ3n) is 3.69. The summed E-state index contributed by atoms with van der Waals surface area (Å²) in [5.41, 5.74) is 0. The summed E-state index contributed by atoms with van der Waals surface area (Å²) in [5.74, 6) is -1.69. The number of halogens is 2. The lowest BCUT2D eigenvalue weighted by Gasteiger charge is -2.15. The lowest BCUT2D eigenvalue weighted by molar-refractivity contribution is 0.00403. The van der Waals surface area contributed by atoms with Gasteiger partial charge in [0.05, 0.1) is 6.10 Å². The molecule has 2 aliphatic carbocycles. The van der Waals surface area contributed by atoms with E-state index in [2.05, 4.69) is 0 Å². The van der Waals surface area contributed by atoms with Gasteiger partial charge in [0.2, 0.25) is 5.92 Å². The van der Waals surface area contributed by atoms with E-state index in [4.69, 9.17) is 0 Å². The Kier molecular flexibility index (Phi) is 2.78. The average molecular weight is 204 g/mol. The summed E-state index contributed by atoms with van der Waals surface area (Å²) >= 11 is 0. The van der Waals surface area contributed by atoms with Crippen molar-refractivity contribution >= 4 is 0 Å². The van der Waals surface area contributed by atoms with Crippen LogP contribution in [0.25, 0.3) is 0 Å². The van der Waals surface area contributed by atoms with E-state index in [0.29, 0.717) is 12.3 Å².